The van der Waals surface area contributed by atoms with E-state index in [0.29, 0.717) is 0 Å². The molecule has 0 saturated heterocycles. The van der Waals surface area contributed by atoms with E-state index in [2.05, 4.69) is 115 Å². The van der Waals surface area contributed by atoms with Crippen LogP contribution in [0.3, 0.4) is 0 Å². The Balaban J connectivity index is 0.000000364. The molecule has 0 atom stereocenters. The molecule has 2 nitrogen and oxygen atoms in total. The first-order valence-corrected chi connectivity index (χ1v) is 20.2. The lowest BCUT2D eigenvalue weighted by Crippen LogP contribution is -2.36. The van der Waals surface area contributed by atoms with Gasteiger partial charge in [-0.2, -0.15) is 0 Å². The number of pyridine rings is 2. The van der Waals surface area contributed by atoms with Gasteiger partial charge in [-0.1, -0.05) is 60.3 Å². The molecule has 0 N–H and O–H groups in total. The van der Waals surface area contributed by atoms with Crippen LogP contribution in [0.4, 0.5) is 0 Å². The molecule has 12 heteroatoms. The van der Waals surface area contributed by atoms with Crippen molar-refractivity contribution in [2.45, 2.75) is 15.2 Å². The first kappa shape index (κ1) is 27.6. The van der Waals surface area contributed by atoms with Gasteiger partial charge in [0.15, 0.2) is 0 Å². The molecule has 3 heterocycles. The SMILES string of the molecule is Brc1cccc(C2(c3cccc(Br)n3)c3ccccc3Sc3ccccc32)n1.S=S=S=S=S=S=S. The highest BCUT2D eigenvalue weighted by Gasteiger charge is 2.46. The van der Waals surface area contributed by atoms with Crippen LogP contribution in [0, 0.1) is 0 Å². The smallest absolute Gasteiger partial charge is 0.107 e. The molecule has 0 radical (unpaired) electrons. The Morgan fingerprint density at radius 2 is 1.06 bits per heavy atom. The Morgan fingerprint density at radius 3 is 1.49 bits per heavy atom. The minimum absolute atomic E-state index is 0.591. The maximum Gasteiger partial charge on any atom is 0.107 e. The van der Waals surface area contributed by atoms with Gasteiger partial charge >= 0.3 is 0 Å². The molecule has 0 aliphatic carbocycles. The van der Waals surface area contributed by atoms with Crippen LogP contribution in [0.25, 0.3) is 0 Å². The van der Waals surface area contributed by atoms with Gasteiger partial charge in [0, 0.05) is 76.6 Å². The number of rotatable bonds is 2. The Labute approximate surface area is 249 Å². The molecule has 0 saturated carbocycles. The number of fused-ring (bicyclic) bond motifs is 2. The van der Waals surface area contributed by atoms with Crippen LogP contribution < -0.4 is 0 Å². The fraction of sp³-hybridized carbons (Fsp3) is 0.0435. The summed E-state index contributed by atoms with van der Waals surface area (Å²) in [5.41, 5.74) is 3.72. The van der Waals surface area contributed by atoms with E-state index < -0.39 is 5.41 Å². The quantitative estimate of drug-likeness (QED) is 0.186. The van der Waals surface area contributed by atoms with Crippen LogP contribution in [0.1, 0.15) is 22.5 Å². The molecule has 1 aliphatic rings. The zero-order valence-corrected chi connectivity index (χ0v) is 27.2. The first-order chi connectivity index (χ1) is 17.1. The summed E-state index contributed by atoms with van der Waals surface area (Å²) in [6, 6.07) is 29.3. The summed E-state index contributed by atoms with van der Waals surface area (Å²) in [6.45, 7) is 0. The van der Waals surface area contributed by atoms with Gasteiger partial charge in [0.1, 0.15) is 14.6 Å². The van der Waals surface area contributed by atoms with Crippen LogP contribution in [0.2, 0.25) is 0 Å². The number of aromatic nitrogens is 2. The molecule has 4 aromatic rings. The highest BCUT2D eigenvalue weighted by molar-refractivity contribution is 9.10. The maximum absolute atomic E-state index is 4.92. The minimum Gasteiger partial charge on any atom is -0.244 e. The van der Waals surface area contributed by atoms with Crippen molar-refractivity contribution in [1.82, 2.24) is 9.97 Å². The lowest BCUT2D eigenvalue weighted by molar-refractivity contribution is 0.650. The van der Waals surface area contributed by atoms with E-state index in [0.717, 1.165) is 20.6 Å². The zero-order chi connectivity index (χ0) is 24.7. The van der Waals surface area contributed by atoms with Crippen LogP contribution in [0.15, 0.2) is 104 Å². The molecule has 1 aliphatic heterocycles. The largest absolute Gasteiger partial charge is 0.244 e. The van der Waals surface area contributed by atoms with Crippen LogP contribution >= 0.6 is 43.6 Å². The van der Waals surface area contributed by atoms with Crippen molar-refractivity contribution in [1.29, 1.82) is 0 Å². The Bertz CT molecular complexity index is 1480. The second kappa shape index (κ2) is 13.4. The lowest BCUT2D eigenvalue weighted by atomic mass is 9.68. The topological polar surface area (TPSA) is 25.8 Å². The second-order valence-electron chi connectivity index (χ2n) is 6.88. The molecule has 0 fully saturated rings. The van der Waals surface area contributed by atoms with Crippen molar-refractivity contribution in [2.24, 2.45) is 0 Å². The van der Waals surface area contributed by atoms with Gasteiger partial charge in [-0.05, 0) is 79.4 Å². The van der Waals surface area contributed by atoms with Crippen LogP contribution in [0.5, 0.6) is 0 Å². The fourth-order valence-corrected chi connectivity index (χ4v) is 14.1. The van der Waals surface area contributed by atoms with E-state index in [1.807, 2.05) is 24.3 Å². The third-order valence-electron chi connectivity index (χ3n) is 5.11. The summed E-state index contributed by atoms with van der Waals surface area (Å²) < 4.78 is 1.63. The van der Waals surface area contributed by atoms with E-state index in [9.17, 15) is 0 Å². The molecule has 5 rings (SSSR count). The number of nitrogens with zero attached hydrogens (tertiary/aromatic N) is 2. The molecule has 0 amide bonds. The predicted octanol–water partition coefficient (Wildman–Crippen LogP) is 6.83. The molecule has 0 bridgehead atoms. The zero-order valence-electron chi connectivity index (χ0n) is 17.5. The fourth-order valence-electron chi connectivity index (χ4n) is 3.95. The summed E-state index contributed by atoms with van der Waals surface area (Å²) in [5.74, 6) is 0. The normalized spacial score (nSPS) is 12.6. The molecular formula is C23H14Br2N2S8. The van der Waals surface area contributed by atoms with E-state index in [4.69, 9.17) is 9.97 Å². The summed E-state index contributed by atoms with van der Waals surface area (Å²) in [7, 11) is 7.36. The van der Waals surface area contributed by atoms with Crippen molar-refractivity contribution in [3.63, 3.8) is 0 Å². The highest BCUT2D eigenvalue weighted by atomic mass is 79.9. The second-order valence-corrected chi connectivity index (χ2v) is 18.4. The third-order valence-corrected chi connectivity index (χ3v) is 16.0. The van der Waals surface area contributed by atoms with Crippen LogP contribution in [-0.4, -0.2) is 9.97 Å². The molecule has 0 spiro atoms. The molecule has 0 unspecified atom stereocenters. The van der Waals surface area contributed by atoms with Crippen LogP contribution in [-0.2, 0) is 72.2 Å². The Kier molecular flexibility index (Phi) is 10.6. The average Bonchev–Trinajstić information content (AvgIpc) is 2.88. The predicted molar refractivity (Wildman–Crippen MR) is 171 cm³/mol. The summed E-state index contributed by atoms with van der Waals surface area (Å²) >= 11 is 18.1. The highest BCUT2D eigenvalue weighted by Crippen LogP contribution is 2.54. The summed E-state index contributed by atoms with van der Waals surface area (Å²) in [5, 5.41) is 0. The summed E-state index contributed by atoms with van der Waals surface area (Å²) in [4.78, 5) is 12.3. The Morgan fingerprint density at radius 1 is 0.600 bits per heavy atom. The number of benzene rings is 2. The summed E-state index contributed by atoms with van der Waals surface area (Å²) in [6.07, 6.45) is 0. The van der Waals surface area contributed by atoms with Gasteiger partial charge in [0.25, 0.3) is 0 Å². The van der Waals surface area contributed by atoms with Gasteiger partial charge in [-0.15, -0.1) is 0 Å². The van der Waals surface area contributed by atoms with Crippen molar-refractivity contribution in [2.75, 3.05) is 0 Å². The lowest BCUT2D eigenvalue weighted by Gasteiger charge is -2.40. The monoisotopic (exact) mass is 732 g/mol. The third kappa shape index (κ3) is 6.19. The average molecular weight is 735 g/mol. The van der Waals surface area contributed by atoms with Gasteiger partial charge in [-0.3, -0.25) is 0 Å². The maximum atomic E-state index is 4.92. The van der Waals surface area contributed by atoms with Crippen molar-refractivity contribution < 1.29 is 0 Å². The number of hydrogen-bond acceptors (Lipinski definition) is 5. The molecule has 2 aromatic heterocycles. The van der Waals surface area contributed by atoms with Crippen molar-refractivity contribution in [3.05, 3.63) is 117 Å². The first-order valence-electron chi connectivity index (χ1n) is 9.82. The molecule has 2 aromatic carbocycles. The minimum atomic E-state index is -0.591. The van der Waals surface area contributed by atoms with E-state index in [1.54, 1.807) is 38.4 Å². The van der Waals surface area contributed by atoms with Crippen molar-refractivity contribution in [3.8, 4) is 0 Å². The van der Waals surface area contributed by atoms with E-state index >= 15 is 0 Å². The molecule has 178 valence electrons. The standard InChI is InChI=1S/C23H14Br2N2S.S7/c24-21-13-5-11-19(26-21)23(20-12-6-14-22(25)27-20)15-7-1-3-9-17(15)28-18-10-4-2-8-16(18)23;1-3-5-7-6-4-2/h1-14H;. The van der Waals surface area contributed by atoms with E-state index in [1.165, 1.54) is 38.7 Å². The number of halogens is 2. The van der Waals surface area contributed by atoms with Gasteiger partial charge < -0.3 is 0 Å². The van der Waals surface area contributed by atoms with Gasteiger partial charge in [-0.25, -0.2) is 9.97 Å². The molecular weight excluding hydrogens is 721 g/mol. The van der Waals surface area contributed by atoms with E-state index in [-0.39, 0.29) is 0 Å². The Hall–Kier alpha value is -0.410. The van der Waals surface area contributed by atoms with Crippen molar-refractivity contribution >= 4 is 110 Å². The number of hydrogen-bond donors (Lipinski definition) is 0. The van der Waals surface area contributed by atoms with Gasteiger partial charge in [0.2, 0.25) is 0 Å². The van der Waals surface area contributed by atoms with Gasteiger partial charge in [0.05, 0.1) is 11.4 Å². The molecule has 35 heavy (non-hydrogen) atoms.